The van der Waals surface area contributed by atoms with E-state index in [1.165, 1.54) is 0 Å². The fourth-order valence-electron chi connectivity index (χ4n) is 3.95. The normalized spacial score (nSPS) is 24.0. The Balaban J connectivity index is 1.52. The van der Waals surface area contributed by atoms with E-state index in [-0.39, 0.29) is 16.6 Å². The first-order valence-corrected chi connectivity index (χ1v) is 12.8. The Morgan fingerprint density at radius 3 is 1.74 bits per heavy atom. The standard InChI is InChI=1S/C27H28IN3O4/c28-24-26(34-18-22-14-8-3-9-15-22)25(33-17-21-12-6-2-7-13-21)23(35-27(24)30-31-29)19-32-16-20-10-4-1-5-11-20/h1-15,23-27H,16-19H2/t23-,24+,25-,26-,27+/m1/s1. The van der Waals surface area contributed by atoms with Crippen molar-refractivity contribution in [2.24, 2.45) is 5.11 Å². The van der Waals surface area contributed by atoms with Crippen LogP contribution in [0.5, 0.6) is 0 Å². The van der Waals surface area contributed by atoms with Crippen molar-refractivity contribution in [3.05, 3.63) is 118 Å². The summed E-state index contributed by atoms with van der Waals surface area (Å²) in [5, 5.41) is 3.90. The maximum atomic E-state index is 9.13. The zero-order chi connectivity index (χ0) is 24.3. The van der Waals surface area contributed by atoms with Crippen LogP contribution in [0.25, 0.3) is 10.4 Å². The molecule has 35 heavy (non-hydrogen) atoms. The van der Waals surface area contributed by atoms with Crippen molar-refractivity contribution in [3.63, 3.8) is 0 Å². The number of hydrogen-bond donors (Lipinski definition) is 0. The monoisotopic (exact) mass is 585 g/mol. The van der Waals surface area contributed by atoms with E-state index in [1.54, 1.807) is 0 Å². The van der Waals surface area contributed by atoms with Crippen LogP contribution < -0.4 is 0 Å². The average Bonchev–Trinajstić information content (AvgIpc) is 2.90. The molecule has 0 bridgehead atoms. The SMILES string of the molecule is [N-]=[N+]=N[C@H]1O[C@H](COCc2ccccc2)[C@@H](OCc2ccccc2)[C@H](OCc2ccccc2)[C@@H]1I. The summed E-state index contributed by atoms with van der Waals surface area (Å²) in [7, 11) is 0. The molecule has 0 aliphatic carbocycles. The topological polar surface area (TPSA) is 85.7 Å². The molecule has 0 amide bonds. The van der Waals surface area contributed by atoms with Gasteiger partial charge in [0.2, 0.25) is 0 Å². The number of benzene rings is 3. The highest BCUT2D eigenvalue weighted by molar-refractivity contribution is 14.1. The average molecular weight is 585 g/mol. The lowest BCUT2D eigenvalue weighted by Gasteiger charge is -2.43. The quantitative estimate of drug-likeness (QED) is 0.0881. The molecule has 3 aromatic carbocycles. The minimum Gasteiger partial charge on any atom is -0.374 e. The van der Waals surface area contributed by atoms with Crippen molar-refractivity contribution in [2.45, 2.75) is 48.3 Å². The third kappa shape index (κ3) is 7.51. The van der Waals surface area contributed by atoms with Gasteiger partial charge in [-0.15, -0.1) is 0 Å². The molecule has 0 N–H and O–H groups in total. The largest absolute Gasteiger partial charge is 0.374 e. The molecule has 0 unspecified atom stereocenters. The predicted molar refractivity (Wildman–Crippen MR) is 142 cm³/mol. The molecule has 4 rings (SSSR count). The molecular weight excluding hydrogens is 557 g/mol. The molecule has 1 saturated heterocycles. The predicted octanol–water partition coefficient (Wildman–Crippen LogP) is 6.21. The van der Waals surface area contributed by atoms with Crippen molar-refractivity contribution in [3.8, 4) is 0 Å². The zero-order valence-electron chi connectivity index (χ0n) is 19.2. The van der Waals surface area contributed by atoms with Gasteiger partial charge in [-0.1, -0.05) is 119 Å². The third-order valence-electron chi connectivity index (χ3n) is 5.72. The van der Waals surface area contributed by atoms with E-state index in [1.807, 2.05) is 91.0 Å². The molecule has 0 saturated carbocycles. The summed E-state index contributed by atoms with van der Waals surface area (Å²) in [5.74, 6) is 0. The Bertz CT molecular complexity index is 1070. The lowest BCUT2D eigenvalue weighted by Crippen LogP contribution is -2.57. The first kappa shape index (κ1) is 25.6. The van der Waals surface area contributed by atoms with E-state index in [4.69, 9.17) is 24.5 Å². The summed E-state index contributed by atoms with van der Waals surface area (Å²) >= 11 is 2.24. The van der Waals surface area contributed by atoms with Gasteiger partial charge in [-0.25, -0.2) is 0 Å². The smallest absolute Gasteiger partial charge is 0.151 e. The Morgan fingerprint density at radius 2 is 1.23 bits per heavy atom. The van der Waals surface area contributed by atoms with Crippen LogP contribution in [0.3, 0.4) is 0 Å². The van der Waals surface area contributed by atoms with Gasteiger partial charge in [0.1, 0.15) is 18.3 Å². The van der Waals surface area contributed by atoms with E-state index in [0.717, 1.165) is 16.7 Å². The summed E-state index contributed by atoms with van der Waals surface area (Å²) < 4.78 is 24.8. The van der Waals surface area contributed by atoms with Crippen LogP contribution in [0.2, 0.25) is 0 Å². The molecule has 0 spiro atoms. The highest BCUT2D eigenvalue weighted by Gasteiger charge is 2.46. The molecule has 1 heterocycles. The van der Waals surface area contributed by atoms with Crippen LogP contribution in [-0.2, 0) is 38.8 Å². The number of halogens is 1. The van der Waals surface area contributed by atoms with Crippen LogP contribution in [0.4, 0.5) is 0 Å². The van der Waals surface area contributed by atoms with E-state index >= 15 is 0 Å². The van der Waals surface area contributed by atoms with Gasteiger partial charge in [0.25, 0.3) is 0 Å². The fraction of sp³-hybridized carbons (Fsp3) is 0.333. The Hall–Kier alpha value is -2.46. The molecule has 1 fully saturated rings. The second-order valence-electron chi connectivity index (χ2n) is 8.24. The van der Waals surface area contributed by atoms with E-state index in [0.29, 0.717) is 19.8 Å². The molecule has 0 aromatic heterocycles. The molecule has 1 aliphatic heterocycles. The summed E-state index contributed by atoms with van der Waals surface area (Å²) in [4.78, 5) is 3.00. The Morgan fingerprint density at radius 1 is 0.743 bits per heavy atom. The summed E-state index contributed by atoms with van der Waals surface area (Å²) in [6.45, 7) is 1.55. The Kier molecular flexibility index (Phi) is 9.94. The van der Waals surface area contributed by atoms with Gasteiger partial charge in [0.05, 0.1) is 30.4 Å². The van der Waals surface area contributed by atoms with Crippen LogP contribution >= 0.6 is 22.6 Å². The molecule has 1 aliphatic rings. The second kappa shape index (κ2) is 13.6. The third-order valence-corrected chi connectivity index (χ3v) is 7.04. The van der Waals surface area contributed by atoms with Crippen molar-refractivity contribution in [2.75, 3.05) is 6.61 Å². The Labute approximate surface area is 219 Å². The van der Waals surface area contributed by atoms with Crippen LogP contribution in [0.1, 0.15) is 16.7 Å². The van der Waals surface area contributed by atoms with Crippen molar-refractivity contribution < 1.29 is 18.9 Å². The minimum atomic E-state index is -0.691. The van der Waals surface area contributed by atoms with Gasteiger partial charge in [-0.3, -0.25) is 0 Å². The highest BCUT2D eigenvalue weighted by Crippen LogP contribution is 2.33. The van der Waals surface area contributed by atoms with E-state index in [9.17, 15) is 0 Å². The van der Waals surface area contributed by atoms with Gasteiger partial charge < -0.3 is 18.9 Å². The molecule has 3 aromatic rings. The van der Waals surface area contributed by atoms with E-state index in [2.05, 4.69) is 32.6 Å². The number of hydrogen-bond acceptors (Lipinski definition) is 5. The van der Waals surface area contributed by atoms with Crippen LogP contribution in [0, 0.1) is 0 Å². The van der Waals surface area contributed by atoms with Gasteiger partial charge in [0, 0.05) is 4.91 Å². The molecule has 8 heteroatoms. The van der Waals surface area contributed by atoms with Crippen LogP contribution in [0.15, 0.2) is 96.1 Å². The van der Waals surface area contributed by atoms with Gasteiger partial charge in [0.15, 0.2) is 6.23 Å². The summed E-state index contributed by atoms with van der Waals surface area (Å²) in [5.41, 5.74) is 12.3. The molecule has 5 atom stereocenters. The first-order chi connectivity index (χ1) is 17.2. The maximum absolute atomic E-state index is 9.13. The van der Waals surface area contributed by atoms with Crippen molar-refractivity contribution in [1.29, 1.82) is 0 Å². The highest BCUT2D eigenvalue weighted by atomic mass is 127. The van der Waals surface area contributed by atoms with Gasteiger partial charge in [-0.2, -0.15) is 0 Å². The maximum Gasteiger partial charge on any atom is 0.151 e. The molecule has 0 radical (unpaired) electrons. The molecular formula is C27H28IN3O4. The van der Waals surface area contributed by atoms with Gasteiger partial charge >= 0.3 is 0 Å². The minimum absolute atomic E-state index is 0.238. The van der Waals surface area contributed by atoms with Crippen molar-refractivity contribution >= 4 is 22.6 Å². The number of ether oxygens (including phenoxy) is 4. The summed E-state index contributed by atoms with van der Waals surface area (Å²) in [6.07, 6.45) is -1.94. The van der Waals surface area contributed by atoms with Gasteiger partial charge in [-0.05, 0) is 22.2 Å². The zero-order valence-corrected chi connectivity index (χ0v) is 21.4. The first-order valence-electron chi connectivity index (χ1n) is 11.5. The van der Waals surface area contributed by atoms with E-state index < -0.39 is 18.4 Å². The number of azide groups is 1. The van der Waals surface area contributed by atoms with Crippen LogP contribution in [-0.4, -0.2) is 35.1 Å². The second-order valence-corrected chi connectivity index (χ2v) is 9.68. The number of alkyl halides is 1. The molecule has 182 valence electrons. The fourth-order valence-corrected chi connectivity index (χ4v) is 4.88. The molecule has 7 nitrogen and oxygen atoms in total. The number of rotatable bonds is 11. The lowest BCUT2D eigenvalue weighted by atomic mass is 10.00. The number of nitrogens with zero attached hydrogens (tertiary/aromatic N) is 3. The summed E-state index contributed by atoms with van der Waals surface area (Å²) in [6, 6.07) is 29.9. The van der Waals surface area contributed by atoms with Crippen molar-refractivity contribution in [1.82, 2.24) is 0 Å². The lowest BCUT2D eigenvalue weighted by molar-refractivity contribution is -0.213.